The Balaban J connectivity index is 1.56. The first kappa shape index (κ1) is 21.7. The van der Waals surface area contributed by atoms with E-state index < -0.39 is 22.4 Å². The average Bonchev–Trinajstić information content (AvgIpc) is 2.95. The summed E-state index contributed by atoms with van der Waals surface area (Å²) in [5, 5.41) is 0.745. The highest BCUT2D eigenvalue weighted by molar-refractivity contribution is 7.91. The summed E-state index contributed by atoms with van der Waals surface area (Å²) in [4.78, 5) is 32.2. The predicted octanol–water partition coefficient (Wildman–Crippen LogP) is 2.70. The first-order valence-electron chi connectivity index (χ1n) is 11.0. The lowest BCUT2D eigenvalue weighted by Gasteiger charge is -2.26. The van der Waals surface area contributed by atoms with Crippen molar-refractivity contribution < 1.29 is 22.7 Å². The van der Waals surface area contributed by atoms with Gasteiger partial charge in [-0.2, -0.15) is 0 Å². The van der Waals surface area contributed by atoms with Crippen LogP contribution in [0.4, 0.5) is 0 Å². The molecule has 31 heavy (non-hydrogen) atoms. The summed E-state index contributed by atoms with van der Waals surface area (Å²) in [6.45, 7) is 1.79. The van der Waals surface area contributed by atoms with E-state index in [1.807, 2.05) is 24.3 Å². The second kappa shape index (κ2) is 8.94. The highest BCUT2D eigenvalue weighted by Crippen LogP contribution is 2.29. The molecule has 0 radical (unpaired) electrons. The zero-order chi connectivity index (χ0) is 22.0. The van der Waals surface area contributed by atoms with Gasteiger partial charge in [-0.3, -0.25) is 9.78 Å². The maximum atomic E-state index is 13.2. The number of sulfone groups is 1. The summed E-state index contributed by atoms with van der Waals surface area (Å²) >= 11 is 0. The topological polar surface area (TPSA) is 93.6 Å². The van der Waals surface area contributed by atoms with Crippen molar-refractivity contribution in [1.29, 1.82) is 0 Å². The lowest BCUT2D eigenvalue weighted by atomic mass is 9.97. The number of rotatable bonds is 5. The van der Waals surface area contributed by atoms with Gasteiger partial charge in [0, 0.05) is 23.7 Å². The molecule has 0 bridgehead atoms. The number of carbonyl (C=O) groups excluding carboxylic acids is 2. The summed E-state index contributed by atoms with van der Waals surface area (Å²) < 4.78 is 29.1. The number of hydrogen-bond acceptors (Lipinski definition) is 6. The van der Waals surface area contributed by atoms with Crippen LogP contribution in [0.1, 0.15) is 54.2 Å². The summed E-state index contributed by atoms with van der Waals surface area (Å²) in [6, 6.07) is 7.18. The quantitative estimate of drug-likeness (QED) is 0.520. The van der Waals surface area contributed by atoms with Crippen LogP contribution in [-0.2, 0) is 32.2 Å². The first-order chi connectivity index (χ1) is 14.9. The molecule has 1 fully saturated rings. The van der Waals surface area contributed by atoms with Crippen molar-refractivity contribution in [2.24, 2.45) is 0 Å². The molecule has 166 valence electrons. The van der Waals surface area contributed by atoms with E-state index in [9.17, 15) is 18.0 Å². The number of ether oxygens (including phenoxy) is 1. The number of pyridine rings is 1. The van der Waals surface area contributed by atoms with Gasteiger partial charge in [-0.05, 0) is 50.7 Å². The van der Waals surface area contributed by atoms with Crippen molar-refractivity contribution in [3.05, 3.63) is 41.1 Å². The van der Waals surface area contributed by atoms with Gasteiger partial charge in [-0.15, -0.1) is 0 Å². The Bertz CT molecular complexity index is 1110. The second-order valence-electron chi connectivity index (χ2n) is 8.30. The Morgan fingerprint density at radius 1 is 1.16 bits per heavy atom. The number of esters is 1. The number of nitrogens with zero attached hydrogens (tertiary/aromatic N) is 2. The molecule has 2 aliphatic rings. The fourth-order valence-electron chi connectivity index (χ4n) is 4.72. The van der Waals surface area contributed by atoms with Crippen LogP contribution in [0.3, 0.4) is 0 Å². The number of aromatic nitrogens is 1. The van der Waals surface area contributed by atoms with E-state index in [-0.39, 0.29) is 23.5 Å². The molecule has 1 amide bonds. The third-order valence-corrected chi connectivity index (χ3v) is 8.01. The normalized spacial score (nSPS) is 20.1. The lowest BCUT2D eigenvalue weighted by molar-refractivity contribution is -0.136. The van der Waals surface area contributed by atoms with Crippen LogP contribution >= 0.6 is 0 Å². The largest absolute Gasteiger partial charge is 0.452 e. The van der Waals surface area contributed by atoms with Crippen molar-refractivity contribution in [2.45, 2.75) is 51.5 Å². The minimum absolute atomic E-state index is 0.0248. The Hall–Kier alpha value is -2.48. The number of amides is 1. The fourth-order valence-corrected chi connectivity index (χ4v) is 6.45. The van der Waals surface area contributed by atoms with Gasteiger partial charge in [0.1, 0.15) is 0 Å². The summed E-state index contributed by atoms with van der Waals surface area (Å²) in [5.74, 6) is -0.804. The Morgan fingerprint density at radius 2 is 1.94 bits per heavy atom. The number of fused-ring (bicyclic) bond motifs is 2. The van der Waals surface area contributed by atoms with Gasteiger partial charge in [0.15, 0.2) is 16.4 Å². The number of aryl methyl sites for hydroxylation is 1. The number of carbonyl (C=O) groups is 2. The van der Waals surface area contributed by atoms with E-state index in [1.165, 1.54) is 4.90 Å². The van der Waals surface area contributed by atoms with E-state index in [2.05, 4.69) is 0 Å². The predicted molar refractivity (Wildman–Crippen MR) is 118 cm³/mol. The fraction of sp³-hybridized carbons (Fsp3) is 0.522. The van der Waals surface area contributed by atoms with Gasteiger partial charge in [0.05, 0.1) is 22.6 Å². The molecule has 8 heteroatoms. The minimum Gasteiger partial charge on any atom is -0.452 e. The molecule has 2 aromatic rings. The van der Waals surface area contributed by atoms with Gasteiger partial charge >= 0.3 is 5.97 Å². The molecule has 1 aliphatic carbocycles. The van der Waals surface area contributed by atoms with Crippen molar-refractivity contribution >= 4 is 32.6 Å². The van der Waals surface area contributed by atoms with Gasteiger partial charge in [-0.25, -0.2) is 13.2 Å². The molecule has 1 aromatic heterocycles. The van der Waals surface area contributed by atoms with Gasteiger partial charge in [0.2, 0.25) is 0 Å². The van der Waals surface area contributed by atoms with Crippen molar-refractivity contribution in [3.8, 4) is 0 Å². The molecule has 0 spiro atoms. The molecule has 1 aromatic carbocycles. The maximum Gasteiger partial charge on any atom is 0.339 e. The van der Waals surface area contributed by atoms with E-state index in [4.69, 9.17) is 9.72 Å². The molecular weight excluding hydrogens is 416 g/mol. The molecule has 1 unspecified atom stereocenters. The SMILES string of the molecule is CCN(C(=O)COC(=O)c1c2c(nc3ccccc13)CCCCC2)C1CCS(=O)(=O)C1. The van der Waals surface area contributed by atoms with Crippen molar-refractivity contribution in [2.75, 3.05) is 24.7 Å². The summed E-state index contributed by atoms with van der Waals surface area (Å²) in [6.07, 6.45) is 5.16. The lowest BCUT2D eigenvalue weighted by Crippen LogP contribution is -2.43. The van der Waals surface area contributed by atoms with Crippen molar-refractivity contribution in [3.63, 3.8) is 0 Å². The number of benzene rings is 1. The van der Waals surface area contributed by atoms with Crippen LogP contribution in [-0.4, -0.2) is 60.9 Å². The third kappa shape index (κ3) is 4.59. The van der Waals surface area contributed by atoms with Crippen LogP contribution in [0.15, 0.2) is 24.3 Å². The monoisotopic (exact) mass is 444 g/mol. The van der Waals surface area contributed by atoms with Crippen LogP contribution < -0.4 is 0 Å². The van der Waals surface area contributed by atoms with Crippen LogP contribution in [0.5, 0.6) is 0 Å². The molecule has 0 N–H and O–H groups in total. The molecule has 0 saturated carbocycles. The second-order valence-corrected chi connectivity index (χ2v) is 10.5. The molecular formula is C23H28N2O5S. The molecule has 1 atom stereocenters. The number of likely N-dealkylation sites (N-methyl/N-ethyl adjacent to an activating group) is 1. The molecule has 7 nitrogen and oxygen atoms in total. The number of para-hydroxylation sites is 1. The molecule has 2 heterocycles. The van der Waals surface area contributed by atoms with Gasteiger partial charge < -0.3 is 9.64 Å². The smallest absolute Gasteiger partial charge is 0.339 e. The molecule has 1 saturated heterocycles. The van der Waals surface area contributed by atoms with E-state index >= 15 is 0 Å². The zero-order valence-electron chi connectivity index (χ0n) is 17.8. The third-order valence-electron chi connectivity index (χ3n) is 6.26. The van der Waals surface area contributed by atoms with Crippen molar-refractivity contribution in [1.82, 2.24) is 9.88 Å². The zero-order valence-corrected chi connectivity index (χ0v) is 18.6. The molecule has 1 aliphatic heterocycles. The molecule has 4 rings (SSSR count). The Labute approximate surface area is 182 Å². The van der Waals surface area contributed by atoms with Crippen LogP contribution in [0, 0.1) is 0 Å². The average molecular weight is 445 g/mol. The minimum atomic E-state index is -3.10. The van der Waals surface area contributed by atoms with Crippen LogP contribution in [0.25, 0.3) is 10.9 Å². The highest BCUT2D eigenvalue weighted by Gasteiger charge is 2.34. The van der Waals surface area contributed by atoms with E-state index in [0.717, 1.165) is 54.3 Å². The maximum absolute atomic E-state index is 13.2. The first-order valence-corrected chi connectivity index (χ1v) is 12.8. The highest BCUT2D eigenvalue weighted by atomic mass is 32.2. The number of hydrogen-bond donors (Lipinski definition) is 0. The van der Waals surface area contributed by atoms with Crippen LogP contribution in [0.2, 0.25) is 0 Å². The summed E-state index contributed by atoms with van der Waals surface area (Å²) in [7, 11) is -3.10. The Morgan fingerprint density at radius 3 is 2.68 bits per heavy atom. The standard InChI is InChI=1S/C23H28N2O5S/c1-2-25(16-12-13-31(28,29)15-16)21(26)14-30-23(27)22-17-8-4-3-5-10-19(17)24-20-11-7-6-9-18(20)22/h6-7,9,11,16H,2-5,8,10,12-15H2,1H3. The summed E-state index contributed by atoms with van der Waals surface area (Å²) in [5.41, 5.74) is 3.15. The van der Waals surface area contributed by atoms with Gasteiger partial charge in [0.25, 0.3) is 5.91 Å². The van der Waals surface area contributed by atoms with E-state index in [1.54, 1.807) is 6.92 Å². The van der Waals surface area contributed by atoms with E-state index in [0.29, 0.717) is 18.5 Å². The Kier molecular flexibility index (Phi) is 6.27. The van der Waals surface area contributed by atoms with Gasteiger partial charge in [-0.1, -0.05) is 24.6 Å².